The van der Waals surface area contributed by atoms with Gasteiger partial charge in [0, 0.05) is 31.6 Å². The molecule has 4 aromatic carbocycles. The first-order chi connectivity index (χ1) is 24.4. The molecular formula is C41H42N4O5. The van der Waals surface area contributed by atoms with E-state index >= 15 is 0 Å². The third-order valence-corrected chi connectivity index (χ3v) is 9.20. The normalized spacial score (nSPS) is 13.8. The van der Waals surface area contributed by atoms with Crippen molar-refractivity contribution in [1.82, 2.24) is 15.3 Å². The Morgan fingerprint density at radius 1 is 0.820 bits per heavy atom. The first-order valence-corrected chi connectivity index (χ1v) is 17.0. The summed E-state index contributed by atoms with van der Waals surface area (Å²) in [5.41, 5.74) is 6.62. The standard InChI is InChI=1S/C41H42N4O5/c1-28-39(50-27-32-10-6-3-7-11-32)38(40(47)43-36(41(48)49)24-29-8-4-2-5-9-29)44-37(42-28)25-30-20-22-45(23-21-30)35-18-16-34(17-19-35)33-14-12-31(26-46)13-15-33/h2-19,30,36,46H,20-27H2,1H3,(H,43,47)(H,48,49). The van der Waals surface area contributed by atoms with E-state index in [4.69, 9.17) is 14.7 Å². The Labute approximate surface area is 292 Å². The number of amides is 1. The Kier molecular flexibility index (Phi) is 11.1. The van der Waals surface area contributed by atoms with Crippen molar-refractivity contribution in [3.05, 3.63) is 143 Å². The minimum absolute atomic E-state index is 0.0360. The minimum Gasteiger partial charge on any atom is -0.485 e. The molecule has 6 rings (SSSR count). The highest BCUT2D eigenvalue weighted by Gasteiger charge is 2.27. The quantitative estimate of drug-likeness (QED) is 0.131. The number of carbonyl (C=O) groups is 2. The molecule has 9 heteroatoms. The van der Waals surface area contributed by atoms with E-state index in [1.165, 1.54) is 5.69 Å². The van der Waals surface area contributed by atoms with Gasteiger partial charge in [-0.2, -0.15) is 0 Å². The number of carboxylic acid groups (broad SMARTS) is 1. The van der Waals surface area contributed by atoms with Crippen molar-refractivity contribution in [1.29, 1.82) is 0 Å². The Bertz CT molecular complexity index is 1880. The molecule has 0 radical (unpaired) electrons. The van der Waals surface area contributed by atoms with Gasteiger partial charge in [0.05, 0.1) is 12.3 Å². The average Bonchev–Trinajstić information content (AvgIpc) is 3.15. The highest BCUT2D eigenvalue weighted by atomic mass is 16.5. The lowest BCUT2D eigenvalue weighted by Crippen LogP contribution is -2.43. The topological polar surface area (TPSA) is 125 Å². The summed E-state index contributed by atoms with van der Waals surface area (Å²) in [6.45, 7) is 3.83. The van der Waals surface area contributed by atoms with Crippen LogP contribution in [-0.2, 0) is 30.8 Å². The van der Waals surface area contributed by atoms with Crippen LogP contribution in [0.3, 0.4) is 0 Å². The zero-order valence-corrected chi connectivity index (χ0v) is 28.2. The van der Waals surface area contributed by atoms with E-state index in [2.05, 4.69) is 34.5 Å². The van der Waals surface area contributed by atoms with Gasteiger partial charge in [0.2, 0.25) is 0 Å². The number of aliphatic hydroxyl groups is 1. The largest absolute Gasteiger partial charge is 0.485 e. The molecule has 1 amide bonds. The van der Waals surface area contributed by atoms with Gasteiger partial charge in [0.15, 0.2) is 11.4 Å². The zero-order valence-electron chi connectivity index (χ0n) is 28.2. The lowest BCUT2D eigenvalue weighted by Gasteiger charge is -2.33. The maximum atomic E-state index is 13.8. The number of nitrogens with one attached hydrogen (secondary N) is 1. The Morgan fingerprint density at radius 3 is 2.02 bits per heavy atom. The van der Waals surface area contributed by atoms with Gasteiger partial charge in [0.25, 0.3) is 5.91 Å². The number of hydrogen-bond donors (Lipinski definition) is 3. The summed E-state index contributed by atoms with van der Waals surface area (Å²) in [5, 5.41) is 22.0. The van der Waals surface area contributed by atoms with Crippen molar-refractivity contribution in [2.75, 3.05) is 18.0 Å². The molecule has 5 aromatic rings. The number of benzene rings is 4. The van der Waals surface area contributed by atoms with Crippen molar-refractivity contribution >= 4 is 17.6 Å². The molecule has 3 N–H and O–H groups in total. The fourth-order valence-corrected chi connectivity index (χ4v) is 6.37. The van der Waals surface area contributed by atoms with Crippen LogP contribution in [0.15, 0.2) is 109 Å². The van der Waals surface area contributed by atoms with Gasteiger partial charge in [-0.1, -0.05) is 97.1 Å². The molecule has 2 heterocycles. The number of carboxylic acids is 1. The third-order valence-electron chi connectivity index (χ3n) is 9.20. The van der Waals surface area contributed by atoms with E-state index in [-0.39, 0.29) is 31.1 Å². The number of carbonyl (C=O) groups excluding carboxylic acids is 1. The number of rotatable bonds is 13. The lowest BCUT2D eigenvalue weighted by molar-refractivity contribution is -0.139. The van der Waals surface area contributed by atoms with Gasteiger partial charge in [-0.25, -0.2) is 14.8 Å². The van der Waals surface area contributed by atoms with E-state index in [1.807, 2.05) is 84.9 Å². The predicted octanol–water partition coefficient (Wildman–Crippen LogP) is 6.41. The monoisotopic (exact) mass is 670 g/mol. The molecule has 1 aromatic heterocycles. The van der Waals surface area contributed by atoms with Gasteiger partial charge in [-0.3, -0.25) is 4.79 Å². The molecular weight excluding hydrogens is 628 g/mol. The van der Waals surface area contributed by atoms with E-state index in [0.717, 1.165) is 53.7 Å². The van der Waals surface area contributed by atoms with Crippen molar-refractivity contribution in [2.24, 2.45) is 5.92 Å². The number of aromatic nitrogens is 2. The molecule has 1 aliphatic rings. The van der Waals surface area contributed by atoms with Gasteiger partial charge in [0.1, 0.15) is 18.5 Å². The molecule has 50 heavy (non-hydrogen) atoms. The summed E-state index contributed by atoms with van der Waals surface area (Å²) in [6.07, 6.45) is 2.62. The Morgan fingerprint density at radius 2 is 1.42 bits per heavy atom. The summed E-state index contributed by atoms with van der Waals surface area (Å²) in [5.74, 6) is -0.609. The number of hydrogen-bond acceptors (Lipinski definition) is 7. The molecule has 9 nitrogen and oxygen atoms in total. The Hall–Kier alpha value is -5.54. The van der Waals surface area contributed by atoms with Gasteiger partial charge in [-0.15, -0.1) is 0 Å². The number of anilines is 1. The van der Waals surface area contributed by atoms with Gasteiger partial charge < -0.3 is 25.2 Å². The molecule has 1 saturated heterocycles. The molecule has 0 bridgehead atoms. The fourth-order valence-electron chi connectivity index (χ4n) is 6.37. The van der Waals surface area contributed by atoms with Crippen LogP contribution in [0.1, 0.15) is 51.5 Å². The fraction of sp³-hybridized carbons (Fsp3) is 0.268. The molecule has 1 atom stereocenters. The molecule has 0 aliphatic carbocycles. The predicted molar refractivity (Wildman–Crippen MR) is 193 cm³/mol. The van der Waals surface area contributed by atoms with Crippen LogP contribution in [0.25, 0.3) is 11.1 Å². The highest BCUT2D eigenvalue weighted by Crippen LogP contribution is 2.29. The summed E-state index contributed by atoms with van der Waals surface area (Å²) in [4.78, 5) is 37.8. The molecule has 256 valence electrons. The number of aliphatic carboxylic acids is 1. The van der Waals surface area contributed by atoms with E-state index in [0.29, 0.717) is 23.9 Å². The Balaban J connectivity index is 1.14. The van der Waals surface area contributed by atoms with Crippen LogP contribution in [-0.4, -0.2) is 51.2 Å². The van der Waals surface area contributed by atoms with Crippen LogP contribution in [0.2, 0.25) is 0 Å². The SMILES string of the molecule is Cc1nc(CC2CCN(c3ccc(-c4ccc(CO)cc4)cc3)CC2)nc(C(=O)NC(Cc2ccccc2)C(=O)O)c1OCc1ccccc1. The van der Waals surface area contributed by atoms with E-state index in [1.54, 1.807) is 6.92 Å². The van der Waals surface area contributed by atoms with Gasteiger partial charge in [-0.05, 0) is 65.6 Å². The van der Waals surface area contributed by atoms with Crippen molar-refractivity contribution in [3.63, 3.8) is 0 Å². The van der Waals surface area contributed by atoms with Crippen LogP contribution < -0.4 is 15.0 Å². The summed E-state index contributed by atoms with van der Waals surface area (Å²) in [7, 11) is 0. The molecule has 1 unspecified atom stereocenters. The summed E-state index contributed by atoms with van der Waals surface area (Å²) < 4.78 is 6.14. The first kappa shape index (κ1) is 34.3. The number of aliphatic hydroxyl groups excluding tert-OH is 1. The van der Waals surface area contributed by atoms with Crippen molar-refractivity contribution in [3.8, 4) is 16.9 Å². The molecule has 0 saturated carbocycles. The van der Waals surface area contributed by atoms with Crippen molar-refractivity contribution in [2.45, 2.75) is 51.9 Å². The van der Waals surface area contributed by atoms with Gasteiger partial charge >= 0.3 is 5.97 Å². The van der Waals surface area contributed by atoms with Crippen LogP contribution in [0.5, 0.6) is 5.75 Å². The van der Waals surface area contributed by atoms with Crippen LogP contribution in [0, 0.1) is 12.8 Å². The second-order valence-electron chi connectivity index (χ2n) is 12.8. The van der Waals surface area contributed by atoms with Crippen LogP contribution >= 0.6 is 0 Å². The second kappa shape index (κ2) is 16.2. The maximum absolute atomic E-state index is 13.8. The first-order valence-electron chi connectivity index (χ1n) is 17.0. The summed E-state index contributed by atoms with van der Waals surface area (Å²) in [6, 6.07) is 34.2. The number of piperidine rings is 1. The molecule has 1 aliphatic heterocycles. The third kappa shape index (κ3) is 8.73. The molecule has 0 spiro atoms. The van der Waals surface area contributed by atoms with E-state index in [9.17, 15) is 19.8 Å². The number of nitrogens with zero attached hydrogens (tertiary/aromatic N) is 3. The van der Waals surface area contributed by atoms with Crippen LogP contribution in [0.4, 0.5) is 5.69 Å². The zero-order chi connectivity index (χ0) is 34.9. The summed E-state index contributed by atoms with van der Waals surface area (Å²) >= 11 is 0. The number of ether oxygens (including phenoxy) is 1. The lowest BCUT2D eigenvalue weighted by atomic mass is 9.92. The molecule has 1 fully saturated rings. The van der Waals surface area contributed by atoms with E-state index < -0.39 is 17.9 Å². The smallest absolute Gasteiger partial charge is 0.326 e. The number of aryl methyl sites for hydroxylation is 1. The highest BCUT2D eigenvalue weighted by molar-refractivity contribution is 5.97. The second-order valence-corrected chi connectivity index (χ2v) is 12.8. The average molecular weight is 671 g/mol. The van der Waals surface area contributed by atoms with Crippen molar-refractivity contribution < 1.29 is 24.5 Å². The minimum atomic E-state index is -1.14. The maximum Gasteiger partial charge on any atom is 0.326 e.